The summed E-state index contributed by atoms with van der Waals surface area (Å²) in [5.41, 5.74) is 0.714. The number of carbonyl (C=O) groups excluding carboxylic acids is 1. The van der Waals surface area contributed by atoms with Gasteiger partial charge in [-0.15, -0.1) is 0 Å². The van der Waals surface area contributed by atoms with Crippen LogP contribution in [-0.2, 0) is 14.6 Å². The molecule has 0 bridgehead atoms. The number of nitrogens with one attached hydrogen (secondary N) is 1. The van der Waals surface area contributed by atoms with Gasteiger partial charge >= 0.3 is 0 Å². The third-order valence-corrected chi connectivity index (χ3v) is 4.77. The average Bonchev–Trinajstić information content (AvgIpc) is 2.44. The van der Waals surface area contributed by atoms with Gasteiger partial charge in [0.2, 0.25) is 5.91 Å². The van der Waals surface area contributed by atoms with E-state index in [1.807, 2.05) is 0 Å². The summed E-state index contributed by atoms with van der Waals surface area (Å²) in [6.45, 7) is 3.12. The smallest absolute Gasteiger partial charge is 0.238 e. The van der Waals surface area contributed by atoms with Gasteiger partial charge in [0.05, 0.1) is 20.3 Å². The molecule has 0 heterocycles. The van der Waals surface area contributed by atoms with E-state index in [9.17, 15) is 13.2 Å². The lowest BCUT2D eigenvalue weighted by Crippen LogP contribution is -2.38. The van der Waals surface area contributed by atoms with Gasteiger partial charge in [-0.1, -0.05) is 0 Å². The van der Waals surface area contributed by atoms with E-state index < -0.39 is 27.0 Å². The quantitative estimate of drug-likeness (QED) is 0.856. The zero-order valence-electron chi connectivity index (χ0n) is 12.8. The van der Waals surface area contributed by atoms with Crippen LogP contribution in [0, 0.1) is 0 Å². The molecule has 2 atom stereocenters. The molecule has 1 N–H and O–H groups in total. The minimum absolute atomic E-state index is 0.410. The number of carbonyl (C=O) groups is 1. The molecule has 0 unspecified atom stereocenters. The van der Waals surface area contributed by atoms with E-state index in [0.717, 1.165) is 6.26 Å². The highest BCUT2D eigenvalue weighted by Crippen LogP contribution is 2.29. The third-order valence-electron chi connectivity index (χ3n) is 3.27. The van der Waals surface area contributed by atoms with Gasteiger partial charge in [-0.3, -0.25) is 4.79 Å². The predicted molar refractivity (Wildman–Crippen MR) is 80.4 cm³/mol. The number of benzene rings is 1. The van der Waals surface area contributed by atoms with Gasteiger partial charge in [0.25, 0.3) is 0 Å². The Morgan fingerprint density at radius 2 is 1.81 bits per heavy atom. The van der Waals surface area contributed by atoms with Crippen LogP contribution >= 0.6 is 0 Å². The van der Waals surface area contributed by atoms with Gasteiger partial charge in [0.15, 0.2) is 9.84 Å². The highest BCUT2D eigenvalue weighted by molar-refractivity contribution is 7.92. The first-order valence-electron chi connectivity index (χ1n) is 6.41. The fourth-order valence-corrected chi connectivity index (χ4v) is 2.24. The lowest BCUT2D eigenvalue weighted by atomic mass is 10.1. The van der Waals surface area contributed by atoms with Crippen LogP contribution < -0.4 is 14.8 Å². The first-order chi connectivity index (χ1) is 9.70. The van der Waals surface area contributed by atoms with Crippen LogP contribution in [0.15, 0.2) is 18.2 Å². The third kappa shape index (κ3) is 4.35. The van der Waals surface area contributed by atoms with Crippen molar-refractivity contribution >= 4 is 15.7 Å². The lowest BCUT2D eigenvalue weighted by molar-refractivity contribution is -0.121. The van der Waals surface area contributed by atoms with Crippen molar-refractivity contribution in [1.29, 1.82) is 0 Å². The minimum atomic E-state index is -3.43. The molecule has 0 radical (unpaired) electrons. The number of hydrogen-bond donors (Lipinski definition) is 1. The maximum Gasteiger partial charge on any atom is 0.238 e. The fraction of sp³-hybridized carbons (Fsp3) is 0.500. The topological polar surface area (TPSA) is 81.7 Å². The molecule has 1 amide bonds. The summed E-state index contributed by atoms with van der Waals surface area (Å²) in [6.07, 6.45) is 1.04. The molecule has 118 valence electrons. The van der Waals surface area contributed by atoms with Crippen molar-refractivity contribution in [3.8, 4) is 11.5 Å². The molecule has 21 heavy (non-hydrogen) atoms. The first-order valence-corrected chi connectivity index (χ1v) is 8.37. The molecule has 1 aromatic rings. The molecule has 0 fully saturated rings. The van der Waals surface area contributed by atoms with Crippen LogP contribution in [0.4, 0.5) is 0 Å². The van der Waals surface area contributed by atoms with Crippen LogP contribution in [-0.4, -0.2) is 40.1 Å². The standard InChI is InChI=1S/C14H21NO5S/c1-9(15-14(16)10(2)21(5,17)18)12-8-11(19-3)6-7-13(12)20-4/h6-10H,1-5H3,(H,15,16)/t9-,10+/m1/s1. The normalized spacial score (nSPS) is 14.1. The van der Waals surface area contributed by atoms with Gasteiger partial charge in [-0.25, -0.2) is 8.42 Å². The van der Waals surface area contributed by atoms with E-state index in [4.69, 9.17) is 9.47 Å². The maximum absolute atomic E-state index is 12.0. The van der Waals surface area contributed by atoms with E-state index in [1.165, 1.54) is 14.0 Å². The average molecular weight is 315 g/mol. The lowest BCUT2D eigenvalue weighted by Gasteiger charge is -2.20. The van der Waals surface area contributed by atoms with Crippen LogP contribution in [0.1, 0.15) is 25.5 Å². The van der Waals surface area contributed by atoms with E-state index in [-0.39, 0.29) is 0 Å². The van der Waals surface area contributed by atoms with Crippen molar-refractivity contribution in [1.82, 2.24) is 5.32 Å². The molecule has 0 aromatic heterocycles. The van der Waals surface area contributed by atoms with Gasteiger partial charge in [-0.05, 0) is 32.0 Å². The SMILES string of the molecule is COc1ccc(OC)c([C@@H](C)NC(=O)[C@H](C)S(C)(=O)=O)c1. The molecule has 0 aliphatic heterocycles. The van der Waals surface area contributed by atoms with Crippen molar-refractivity contribution in [2.24, 2.45) is 0 Å². The van der Waals surface area contributed by atoms with E-state index in [2.05, 4.69) is 5.32 Å². The predicted octanol–water partition coefficient (Wildman–Crippen LogP) is 1.31. The second-order valence-electron chi connectivity index (χ2n) is 4.81. The second-order valence-corrected chi connectivity index (χ2v) is 7.18. The Labute approximate surface area is 125 Å². The summed E-state index contributed by atoms with van der Waals surface area (Å²) in [5.74, 6) is 0.675. The summed E-state index contributed by atoms with van der Waals surface area (Å²) in [6, 6.07) is 4.81. The van der Waals surface area contributed by atoms with Crippen LogP contribution in [0.25, 0.3) is 0 Å². The molecule has 0 saturated carbocycles. The Balaban J connectivity index is 2.98. The van der Waals surface area contributed by atoms with E-state index in [0.29, 0.717) is 17.1 Å². The molecule has 0 saturated heterocycles. The van der Waals surface area contributed by atoms with Gasteiger partial charge < -0.3 is 14.8 Å². The first kappa shape index (κ1) is 17.3. The van der Waals surface area contributed by atoms with Gasteiger partial charge in [-0.2, -0.15) is 0 Å². The minimum Gasteiger partial charge on any atom is -0.497 e. The zero-order chi connectivity index (χ0) is 16.2. The number of rotatable bonds is 6. The number of methoxy groups -OCH3 is 2. The summed E-state index contributed by atoms with van der Waals surface area (Å²) in [5, 5.41) is 1.57. The number of sulfone groups is 1. The Hall–Kier alpha value is -1.76. The zero-order valence-corrected chi connectivity index (χ0v) is 13.7. The van der Waals surface area contributed by atoms with Crippen LogP contribution in [0.2, 0.25) is 0 Å². The number of ether oxygens (including phenoxy) is 2. The van der Waals surface area contributed by atoms with Crippen molar-refractivity contribution in [2.45, 2.75) is 25.1 Å². The Kier molecular flexibility index (Phi) is 5.60. The number of hydrogen-bond acceptors (Lipinski definition) is 5. The van der Waals surface area contributed by atoms with Crippen molar-refractivity contribution < 1.29 is 22.7 Å². The highest BCUT2D eigenvalue weighted by atomic mass is 32.2. The Morgan fingerprint density at radius 3 is 2.29 bits per heavy atom. The summed E-state index contributed by atoms with van der Waals surface area (Å²) in [7, 11) is -0.357. The highest BCUT2D eigenvalue weighted by Gasteiger charge is 2.25. The molecule has 7 heteroatoms. The number of amides is 1. The molecular weight excluding hydrogens is 294 g/mol. The van der Waals surface area contributed by atoms with Crippen LogP contribution in [0.5, 0.6) is 11.5 Å². The summed E-state index contributed by atoms with van der Waals surface area (Å²) >= 11 is 0. The molecule has 0 aliphatic carbocycles. The molecular formula is C14H21NO5S. The Bertz CT molecular complexity index is 612. The van der Waals surface area contributed by atoms with E-state index >= 15 is 0 Å². The maximum atomic E-state index is 12.0. The van der Waals surface area contributed by atoms with Crippen molar-refractivity contribution in [3.05, 3.63) is 23.8 Å². The van der Waals surface area contributed by atoms with Crippen molar-refractivity contribution in [2.75, 3.05) is 20.5 Å². The monoisotopic (exact) mass is 315 g/mol. The molecule has 1 aromatic carbocycles. The van der Waals surface area contributed by atoms with Crippen LogP contribution in [0.3, 0.4) is 0 Å². The molecule has 0 spiro atoms. The van der Waals surface area contributed by atoms with E-state index in [1.54, 1.807) is 32.2 Å². The second kappa shape index (κ2) is 6.80. The largest absolute Gasteiger partial charge is 0.497 e. The molecule has 6 nitrogen and oxygen atoms in total. The molecule has 0 aliphatic rings. The summed E-state index contributed by atoms with van der Waals surface area (Å²) in [4.78, 5) is 12.0. The van der Waals surface area contributed by atoms with Crippen molar-refractivity contribution in [3.63, 3.8) is 0 Å². The summed E-state index contributed by atoms with van der Waals surface area (Å²) < 4.78 is 33.2. The Morgan fingerprint density at radius 1 is 1.19 bits per heavy atom. The van der Waals surface area contributed by atoms with Gasteiger partial charge in [0, 0.05) is 11.8 Å². The molecule has 1 rings (SSSR count). The fourth-order valence-electron chi connectivity index (χ4n) is 1.78. The van der Waals surface area contributed by atoms with Gasteiger partial charge in [0.1, 0.15) is 16.7 Å².